The van der Waals surface area contributed by atoms with E-state index < -0.39 is 5.97 Å². The molecule has 0 unspecified atom stereocenters. The zero-order valence-corrected chi connectivity index (χ0v) is 8.21. The van der Waals surface area contributed by atoms with E-state index in [1.54, 1.807) is 0 Å². The fourth-order valence-corrected chi connectivity index (χ4v) is 3.12. The van der Waals surface area contributed by atoms with Crippen LogP contribution in [0.4, 0.5) is 0 Å². The second-order valence-electron chi connectivity index (χ2n) is 4.87. The lowest BCUT2D eigenvalue weighted by Crippen LogP contribution is -2.23. The van der Waals surface area contributed by atoms with E-state index in [9.17, 15) is 4.79 Å². The second-order valence-corrected chi connectivity index (χ2v) is 4.87. The molecule has 2 bridgehead atoms. The van der Waals surface area contributed by atoms with Gasteiger partial charge in [-0.3, -0.25) is 0 Å². The highest BCUT2D eigenvalue weighted by molar-refractivity contribution is 5.81. The molecule has 2 fully saturated rings. The van der Waals surface area contributed by atoms with E-state index in [4.69, 9.17) is 5.11 Å². The molecule has 0 aliphatic heterocycles. The van der Waals surface area contributed by atoms with Crippen molar-refractivity contribution in [3.8, 4) is 0 Å². The van der Waals surface area contributed by atoms with Crippen LogP contribution in [0.1, 0.15) is 33.1 Å². The Kier molecular flexibility index (Phi) is 1.76. The first-order valence-electron chi connectivity index (χ1n) is 4.97. The molecule has 2 saturated carbocycles. The van der Waals surface area contributed by atoms with Gasteiger partial charge < -0.3 is 5.11 Å². The summed E-state index contributed by atoms with van der Waals surface area (Å²) in [6.45, 7) is 4.37. The number of aliphatic carboxylic acids is 1. The summed E-state index contributed by atoms with van der Waals surface area (Å²) in [7, 11) is 0. The maximum absolute atomic E-state index is 10.6. The average Bonchev–Trinajstić information content (AvgIpc) is 2.53. The first kappa shape index (κ1) is 8.79. The fraction of sp³-hybridized carbons (Fsp3) is 0.727. The van der Waals surface area contributed by atoms with Gasteiger partial charge in [-0.25, -0.2) is 4.79 Å². The van der Waals surface area contributed by atoms with E-state index in [-0.39, 0.29) is 5.41 Å². The van der Waals surface area contributed by atoms with Crippen molar-refractivity contribution >= 4 is 5.97 Å². The Hall–Kier alpha value is -0.790. The molecule has 0 spiro atoms. The summed E-state index contributed by atoms with van der Waals surface area (Å²) < 4.78 is 0. The summed E-state index contributed by atoms with van der Waals surface area (Å²) in [5.74, 6) is 0.509. The molecule has 2 nitrogen and oxygen atoms in total. The van der Waals surface area contributed by atoms with E-state index in [1.165, 1.54) is 30.9 Å². The summed E-state index contributed by atoms with van der Waals surface area (Å²) in [6, 6.07) is 0. The van der Waals surface area contributed by atoms with Crippen molar-refractivity contribution in [2.24, 2.45) is 17.3 Å². The van der Waals surface area contributed by atoms with Crippen LogP contribution >= 0.6 is 0 Å². The van der Waals surface area contributed by atoms with Crippen LogP contribution in [-0.4, -0.2) is 11.1 Å². The molecule has 0 heterocycles. The van der Waals surface area contributed by atoms with Gasteiger partial charge in [0.2, 0.25) is 0 Å². The van der Waals surface area contributed by atoms with Crippen molar-refractivity contribution in [1.82, 2.24) is 0 Å². The minimum Gasteiger partial charge on any atom is -0.478 e. The number of hydrogen-bond acceptors (Lipinski definition) is 1. The predicted molar refractivity (Wildman–Crippen MR) is 50.3 cm³/mol. The summed E-state index contributed by atoms with van der Waals surface area (Å²) in [5.41, 5.74) is 1.32. The molecule has 0 aromatic heterocycles. The number of fused-ring (bicyclic) bond motifs is 2. The molecule has 0 saturated heterocycles. The zero-order valence-electron chi connectivity index (χ0n) is 8.21. The number of carbonyl (C=O) groups is 1. The standard InChI is InChI=1S/C11H16O2/c1-11(2)8-4-3-7(5-8)9(11)6-10(12)13/h6-8H,3-5H2,1-2H3,(H,12,13)/b9-6-/t7-,8-/m0/s1. The zero-order chi connectivity index (χ0) is 9.64. The van der Waals surface area contributed by atoms with Gasteiger partial charge in [0, 0.05) is 6.08 Å². The highest BCUT2D eigenvalue weighted by Crippen LogP contribution is 2.58. The van der Waals surface area contributed by atoms with Gasteiger partial charge >= 0.3 is 5.97 Å². The smallest absolute Gasteiger partial charge is 0.328 e. The summed E-state index contributed by atoms with van der Waals surface area (Å²) in [5, 5.41) is 8.76. The van der Waals surface area contributed by atoms with Gasteiger partial charge in [0.1, 0.15) is 0 Å². The average molecular weight is 180 g/mol. The molecule has 2 rings (SSSR count). The van der Waals surface area contributed by atoms with Gasteiger partial charge in [-0.15, -0.1) is 0 Å². The molecule has 2 aliphatic rings. The molecule has 72 valence electrons. The van der Waals surface area contributed by atoms with Crippen molar-refractivity contribution in [2.45, 2.75) is 33.1 Å². The van der Waals surface area contributed by atoms with Crippen molar-refractivity contribution in [3.63, 3.8) is 0 Å². The van der Waals surface area contributed by atoms with Crippen LogP contribution in [0.3, 0.4) is 0 Å². The molecular formula is C11H16O2. The van der Waals surface area contributed by atoms with E-state index >= 15 is 0 Å². The van der Waals surface area contributed by atoms with Crippen LogP contribution in [0.15, 0.2) is 11.6 Å². The Balaban J connectivity index is 2.34. The second kappa shape index (κ2) is 2.60. The number of rotatable bonds is 1. The van der Waals surface area contributed by atoms with Crippen molar-refractivity contribution in [3.05, 3.63) is 11.6 Å². The van der Waals surface area contributed by atoms with Crippen LogP contribution in [0.25, 0.3) is 0 Å². The molecule has 0 aromatic carbocycles. The third-order valence-corrected chi connectivity index (χ3v) is 3.92. The minimum atomic E-state index is -0.782. The van der Waals surface area contributed by atoms with Crippen molar-refractivity contribution in [1.29, 1.82) is 0 Å². The Bertz CT molecular complexity index is 276. The van der Waals surface area contributed by atoms with Gasteiger partial charge in [0.05, 0.1) is 0 Å². The van der Waals surface area contributed by atoms with E-state index in [0.29, 0.717) is 5.92 Å². The Morgan fingerprint density at radius 3 is 2.69 bits per heavy atom. The molecule has 1 N–H and O–H groups in total. The van der Waals surface area contributed by atoms with Gasteiger partial charge in [-0.1, -0.05) is 19.4 Å². The largest absolute Gasteiger partial charge is 0.478 e. The molecule has 0 amide bonds. The highest BCUT2D eigenvalue weighted by atomic mass is 16.4. The van der Waals surface area contributed by atoms with Crippen LogP contribution in [0.5, 0.6) is 0 Å². The number of carboxylic acids is 1. The lowest BCUT2D eigenvalue weighted by molar-refractivity contribution is -0.131. The monoisotopic (exact) mass is 180 g/mol. The lowest BCUT2D eigenvalue weighted by Gasteiger charge is -2.32. The van der Waals surface area contributed by atoms with Gasteiger partial charge in [-0.2, -0.15) is 0 Å². The fourth-order valence-electron chi connectivity index (χ4n) is 3.12. The molecule has 13 heavy (non-hydrogen) atoms. The molecule has 0 radical (unpaired) electrons. The lowest BCUT2D eigenvalue weighted by atomic mass is 9.73. The summed E-state index contributed by atoms with van der Waals surface area (Å²) in [4.78, 5) is 10.6. The third kappa shape index (κ3) is 1.19. The first-order valence-corrected chi connectivity index (χ1v) is 4.97. The maximum atomic E-state index is 10.6. The molecule has 2 atom stereocenters. The molecule has 2 aliphatic carbocycles. The van der Waals surface area contributed by atoms with E-state index in [1.807, 2.05) is 0 Å². The SMILES string of the molecule is CC1(C)/C(=C\C(=O)O)[C@H]2CC[C@H]1C2. The van der Waals surface area contributed by atoms with Crippen LogP contribution in [-0.2, 0) is 4.79 Å². The van der Waals surface area contributed by atoms with Crippen LogP contribution in [0, 0.1) is 17.3 Å². The molecule has 0 aromatic rings. The van der Waals surface area contributed by atoms with Crippen molar-refractivity contribution < 1.29 is 9.90 Å². The normalized spacial score (nSPS) is 38.5. The van der Waals surface area contributed by atoms with E-state index in [0.717, 1.165) is 5.92 Å². The predicted octanol–water partition coefficient (Wildman–Crippen LogP) is 2.45. The van der Waals surface area contributed by atoms with Crippen LogP contribution in [0.2, 0.25) is 0 Å². The van der Waals surface area contributed by atoms with Gasteiger partial charge in [0.15, 0.2) is 0 Å². The number of hydrogen-bond donors (Lipinski definition) is 1. The molecular weight excluding hydrogens is 164 g/mol. The van der Waals surface area contributed by atoms with Gasteiger partial charge in [0.25, 0.3) is 0 Å². The Morgan fingerprint density at radius 2 is 2.23 bits per heavy atom. The van der Waals surface area contributed by atoms with Crippen LogP contribution < -0.4 is 0 Å². The Labute approximate surface area is 78.6 Å². The number of allylic oxidation sites excluding steroid dienone is 1. The topological polar surface area (TPSA) is 37.3 Å². The highest BCUT2D eigenvalue weighted by Gasteiger charge is 2.48. The first-order chi connectivity index (χ1) is 6.01. The van der Waals surface area contributed by atoms with Gasteiger partial charge in [-0.05, 0) is 36.5 Å². The summed E-state index contributed by atoms with van der Waals surface area (Å²) in [6.07, 6.45) is 5.15. The van der Waals surface area contributed by atoms with E-state index in [2.05, 4.69) is 13.8 Å². The minimum absolute atomic E-state index is 0.140. The third-order valence-electron chi connectivity index (χ3n) is 3.92. The number of carboxylic acid groups (broad SMARTS) is 1. The molecule has 2 heteroatoms. The van der Waals surface area contributed by atoms with Crippen molar-refractivity contribution in [2.75, 3.05) is 0 Å². The Morgan fingerprint density at radius 1 is 1.54 bits per heavy atom. The quantitative estimate of drug-likeness (QED) is 0.629. The maximum Gasteiger partial charge on any atom is 0.328 e. The summed E-state index contributed by atoms with van der Waals surface area (Å²) >= 11 is 0.